The van der Waals surface area contributed by atoms with Gasteiger partial charge in [0.25, 0.3) is 5.69 Å². The molecule has 0 radical (unpaired) electrons. The van der Waals surface area contributed by atoms with Crippen LogP contribution in [-0.2, 0) is 14.4 Å². The van der Waals surface area contributed by atoms with Gasteiger partial charge in [0.05, 0.1) is 15.6 Å². The molecule has 0 aliphatic rings. The minimum absolute atomic E-state index is 0.00380. The molecule has 118 valence electrons. The summed E-state index contributed by atoms with van der Waals surface area (Å²) in [4.78, 5) is 45.7. The van der Waals surface area contributed by atoms with E-state index in [0.29, 0.717) is 4.90 Å². The summed E-state index contributed by atoms with van der Waals surface area (Å²) >= 11 is 5.80. The van der Waals surface area contributed by atoms with Gasteiger partial charge in [-0.1, -0.05) is 11.6 Å². The molecule has 0 aromatic heterocycles. The third-order valence-electron chi connectivity index (χ3n) is 2.58. The number of carbonyl (C=O) groups excluding carboxylic acids is 3. The summed E-state index contributed by atoms with van der Waals surface area (Å²) < 4.78 is 0. The second kappa shape index (κ2) is 7.48. The van der Waals surface area contributed by atoms with E-state index in [1.807, 2.05) is 0 Å². The maximum absolute atomic E-state index is 11.9. The van der Waals surface area contributed by atoms with E-state index in [-0.39, 0.29) is 29.5 Å². The second-order valence-electron chi connectivity index (χ2n) is 4.14. The van der Waals surface area contributed by atoms with Crippen molar-refractivity contribution in [2.75, 3.05) is 18.4 Å². The molecule has 0 saturated heterocycles. The molecule has 1 aromatic carbocycles. The lowest BCUT2D eigenvalue weighted by Crippen LogP contribution is -2.44. The number of nitro benzene ring substituents is 1. The van der Waals surface area contributed by atoms with E-state index < -0.39 is 22.6 Å². The van der Waals surface area contributed by atoms with E-state index in [1.54, 1.807) is 0 Å². The van der Waals surface area contributed by atoms with Crippen molar-refractivity contribution >= 4 is 40.7 Å². The highest BCUT2D eigenvalue weighted by molar-refractivity contribution is 6.43. The number of imide groups is 1. The third kappa shape index (κ3) is 4.24. The first-order valence-corrected chi connectivity index (χ1v) is 6.43. The molecule has 0 heterocycles. The fourth-order valence-corrected chi connectivity index (χ4v) is 1.72. The van der Waals surface area contributed by atoms with Crippen LogP contribution in [0.1, 0.15) is 6.92 Å². The highest BCUT2D eigenvalue weighted by atomic mass is 35.5. The van der Waals surface area contributed by atoms with E-state index in [0.717, 1.165) is 19.1 Å². The Balaban J connectivity index is 2.96. The number of benzene rings is 1. The number of nitrogens with one attached hydrogen (secondary N) is 1. The van der Waals surface area contributed by atoms with E-state index in [9.17, 15) is 24.5 Å². The molecule has 0 bridgehead atoms. The lowest BCUT2D eigenvalue weighted by molar-refractivity contribution is -0.384. The minimum atomic E-state index is -1.15. The van der Waals surface area contributed by atoms with Crippen LogP contribution in [0.4, 0.5) is 11.4 Å². The Morgan fingerprint density at radius 1 is 1.41 bits per heavy atom. The number of nitrogens with two attached hydrogens (primary N) is 1. The predicted molar refractivity (Wildman–Crippen MR) is 78.2 cm³/mol. The van der Waals surface area contributed by atoms with Gasteiger partial charge < -0.3 is 11.1 Å². The van der Waals surface area contributed by atoms with Gasteiger partial charge in [-0.05, 0) is 6.07 Å². The molecule has 9 nitrogen and oxygen atoms in total. The van der Waals surface area contributed by atoms with Crippen molar-refractivity contribution in [1.82, 2.24) is 4.90 Å². The van der Waals surface area contributed by atoms with Gasteiger partial charge in [-0.3, -0.25) is 29.4 Å². The SMILES string of the molecule is CC(=O)N(CCN)C(=O)C(=O)Nc1cc([N+](=O)[O-])ccc1Cl. The molecule has 0 saturated carbocycles. The average molecular weight is 329 g/mol. The number of halogens is 1. The zero-order valence-electron chi connectivity index (χ0n) is 11.5. The molecule has 22 heavy (non-hydrogen) atoms. The molecule has 0 aliphatic heterocycles. The lowest BCUT2D eigenvalue weighted by Gasteiger charge is -2.17. The van der Waals surface area contributed by atoms with Gasteiger partial charge >= 0.3 is 11.8 Å². The van der Waals surface area contributed by atoms with Crippen molar-refractivity contribution in [3.05, 3.63) is 33.3 Å². The summed E-state index contributed by atoms with van der Waals surface area (Å²) in [6.07, 6.45) is 0. The predicted octanol–water partition coefficient (Wildman–Crippen LogP) is 0.521. The van der Waals surface area contributed by atoms with Gasteiger partial charge in [-0.2, -0.15) is 0 Å². The first kappa shape index (κ1) is 17.5. The van der Waals surface area contributed by atoms with Crippen LogP contribution in [0.15, 0.2) is 18.2 Å². The maximum Gasteiger partial charge on any atom is 0.318 e. The first-order chi connectivity index (χ1) is 10.3. The molecule has 1 aromatic rings. The van der Waals surface area contributed by atoms with Crippen LogP contribution < -0.4 is 11.1 Å². The van der Waals surface area contributed by atoms with Crippen molar-refractivity contribution in [3.63, 3.8) is 0 Å². The molecular formula is C12H13ClN4O5. The van der Waals surface area contributed by atoms with E-state index in [2.05, 4.69) is 5.32 Å². The van der Waals surface area contributed by atoms with Gasteiger partial charge in [0.2, 0.25) is 5.91 Å². The van der Waals surface area contributed by atoms with Gasteiger partial charge in [0, 0.05) is 32.1 Å². The zero-order valence-corrected chi connectivity index (χ0v) is 12.3. The maximum atomic E-state index is 11.9. The lowest BCUT2D eigenvalue weighted by atomic mass is 10.2. The van der Waals surface area contributed by atoms with E-state index >= 15 is 0 Å². The summed E-state index contributed by atoms with van der Waals surface area (Å²) in [5.41, 5.74) is 4.85. The van der Waals surface area contributed by atoms with Crippen LogP contribution in [0.25, 0.3) is 0 Å². The van der Waals surface area contributed by atoms with Crippen LogP contribution in [0.2, 0.25) is 5.02 Å². The molecule has 0 spiro atoms. The average Bonchev–Trinajstić information content (AvgIpc) is 2.45. The molecule has 0 atom stereocenters. The molecular weight excluding hydrogens is 316 g/mol. The molecule has 10 heteroatoms. The van der Waals surface area contributed by atoms with Crippen molar-refractivity contribution in [3.8, 4) is 0 Å². The number of carbonyl (C=O) groups is 3. The Morgan fingerprint density at radius 2 is 2.05 bits per heavy atom. The number of non-ortho nitro benzene ring substituents is 1. The molecule has 1 rings (SSSR count). The van der Waals surface area contributed by atoms with E-state index in [1.165, 1.54) is 6.07 Å². The standard InChI is InChI=1S/C12H13ClN4O5/c1-7(18)16(5-4-14)12(20)11(19)15-10-6-8(17(21)22)2-3-9(10)13/h2-3,6H,4-5,14H2,1H3,(H,15,19). The van der Waals surface area contributed by atoms with Crippen LogP contribution in [0.5, 0.6) is 0 Å². The number of rotatable bonds is 4. The highest BCUT2D eigenvalue weighted by Gasteiger charge is 2.25. The highest BCUT2D eigenvalue weighted by Crippen LogP contribution is 2.26. The van der Waals surface area contributed by atoms with Gasteiger partial charge in [-0.15, -0.1) is 0 Å². The summed E-state index contributed by atoms with van der Waals surface area (Å²) in [6.45, 7) is 0.988. The normalized spacial score (nSPS) is 9.95. The molecule has 3 N–H and O–H groups in total. The number of nitro groups is 1. The van der Waals surface area contributed by atoms with Gasteiger partial charge in [0.1, 0.15) is 0 Å². The Kier molecular flexibility index (Phi) is 5.96. The monoisotopic (exact) mass is 328 g/mol. The topological polar surface area (TPSA) is 136 Å². The number of hydrogen-bond donors (Lipinski definition) is 2. The first-order valence-electron chi connectivity index (χ1n) is 6.05. The van der Waals surface area contributed by atoms with E-state index in [4.69, 9.17) is 17.3 Å². The van der Waals surface area contributed by atoms with Gasteiger partial charge in [0.15, 0.2) is 0 Å². The van der Waals surface area contributed by atoms with Crippen LogP contribution in [0, 0.1) is 10.1 Å². The molecule has 3 amide bonds. The Morgan fingerprint density at radius 3 is 2.55 bits per heavy atom. The smallest absolute Gasteiger partial charge is 0.318 e. The Hall–Kier alpha value is -2.52. The Bertz CT molecular complexity index is 634. The van der Waals surface area contributed by atoms with Crippen molar-refractivity contribution < 1.29 is 19.3 Å². The Labute approximate surface area is 130 Å². The summed E-state index contributed by atoms with van der Waals surface area (Å²) in [5, 5.41) is 12.8. The fourth-order valence-electron chi connectivity index (χ4n) is 1.55. The number of anilines is 1. The van der Waals surface area contributed by atoms with Gasteiger partial charge in [-0.25, -0.2) is 0 Å². The quantitative estimate of drug-likeness (QED) is 0.470. The van der Waals surface area contributed by atoms with Crippen molar-refractivity contribution in [1.29, 1.82) is 0 Å². The van der Waals surface area contributed by atoms with Crippen LogP contribution in [0.3, 0.4) is 0 Å². The largest absolute Gasteiger partial charge is 0.329 e. The number of hydrogen-bond acceptors (Lipinski definition) is 6. The number of nitrogens with zero attached hydrogens (tertiary/aromatic N) is 2. The van der Waals surface area contributed by atoms with Crippen molar-refractivity contribution in [2.24, 2.45) is 5.73 Å². The third-order valence-corrected chi connectivity index (χ3v) is 2.91. The molecule has 0 fully saturated rings. The molecule has 0 unspecified atom stereocenters. The second-order valence-corrected chi connectivity index (χ2v) is 4.55. The number of amides is 3. The molecule has 0 aliphatic carbocycles. The zero-order chi connectivity index (χ0) is 16.9. The van der Waals surface area contributed by atoms with Crippen LogP contribution >= 0.6 is 11.6 Å². The van der Waals surface area contributed by atoms with Crippen LogP contribution in [-0.4, -0.2) is 40.6 Å². The minimum Gasteiger partial charge on any atom is -0.329 e. The van der Waals surface area contributed by atoms with Crippen molar-refractivity contribution in [2.45, 2.75) is 6.92 Å². The summed E-state index contributed by atoms with van der Waals surface area (Å²) in [5.74, 6) is -2.91. The summed E-state index contributed by atoms with van der Waals surface area (Å²) in [7, 11) is 0. The summed E-state index contributed by atoms with van der Waals surface area (Å²) in [6, 6.07) is 3.37. The fraction of sp³-hybridized carbons (Fsp3) is 0.250.